The molecule has 0 aromatic heterocycles. The summed E-state index contributed by atoms with van der Waals surface area (Å²) in [5.41, 5.74) is 26.3. The summed E-state index contributed by atoms with van der Waals surface area (Å²) >= 11 is 0. The van der Waals surface area contributed by atoms with Crippen LogP contribution in [0.25, 0.3) is 0 Å². The summed E-state index contributed by atoms with van der Waals surface area (Å²) < 4.78 is 6.14. The van der Waals surface area contributed by atoms with E-state index in [4.69, 9.17) is 27.7 Å². The van der Waals surface area contributed by atoms with Gasteiger partial charge in [0.15, 0.2) is 0 Å². The molecule has 184 valence electrons. The molecule has 0 amide bonds. The Hall–Kier alpha value is -2.00. The van der Waals surface area contributed by atoms with Crippen LogP contribution in [-0.4, -0.2) is 51.4 Å². The Kier molecular flexibility index (Phi) is 13.7. The fraction of sp³-hybridized carbons (Fsp3) is 0.538. The fourth-order valence-corrected chi connectivity index (χ4v) is 3.74. The third kappa shape index (κ3) is 12.1. The lowest BCUT2D eigenvalue weighted by molar-refractivity contribution is 0.479. The van der Waals surface area contributed by atoms with E-state index >= 15 is 0 Å². The molecule has 10 N–H and O–H groups in total. The summed E-state index contributed by atoms with van der Waals surface area (Å²) in [6.07, 6.45) is 5.40. The van der Waals surface area contributed by atoms with Crippen LogP contribution in [0.2, 0.25) is 0 Å². The first-order valence-corrected chi connectivity index (χ1v) is 12.3. The summed E-state index contributed by atoms with van der Waals surface area (Å²) in [4.78, 5) is 0. The SMILES string of the molecule is NCCCNCCC(N)Cc1cc(CC(N)CCNCCCN)cc(Oc2ccccc2)c1. The molecule has 2 unspecified atom stereocenters. The molecule has 0 aliphatic rings. The maximum Gasteiger partial charge on any atom is 0.127 e. The minimum absolute atomic E-state index is 0.0793. The molecule has 0 saturated heterocycles. The molecule has 2 rings (SSSR count). The molecule has 0 aliphatic heterocycles. The smallest absolute Gasteiger partial charge is 0.127 e. The van der Waals surface area contributed by atoms with E-state index in [1.807, 2.05) is 30.3 Å². The van der Waals surface area contributed by atoms with Gasteiger partial charge in [0.2, 0.25) is 0 Å². The standard InChI is InChI=1S/C26H44N6O/c27-10-4-12-31-14-8-23(29)17-21-16-22(18-24(30)9-15-32-13-5-11-28)20-26(19-21)33-25-6-2-1-3-7-25/h1-3,6-7,16,19-20,23-24,31-32H,4-5,8-15,17-18,27-30H2. The van der Waals surface area contributed by atoms with Crippen molar-refractivity contribution in [2.45, 2.75) is 50.6 Å². The molecule has 2 atom stereocenters. The topological polar surface area (TPSA) is 137 Å². The number of benzene rings is 2. The Morgan fingerprint density at radius 3 is 1.67 bits per heavy atom. The highest BCUT2D eigenvalue weighted by Gasteiger charge is 2.11. The first-order chi connectivity index (χ1) is 16.1. The van der Waals surface area contributed by atoms with E-state index in [-0.39, 0.29) is 12.1 Å². The second kappa shape index (κ2) is 16.6. The zero-order chi connectivity index (χ0) is 23.7. The van der Waals surface area contributed by atoms with Crippen LogP contribution in [0.1, 0.15) is 36.8 Å². The molecule has 0 spiro atoms. The predicted octanol–water partition coefficient (Wildman–Crippen LogP) is 1.88. The van der Waals surface area contributed by atoms with Crippen LogP contribution in [0.5, 0.6) is 11.5 Å². The average Bonchev–Trinajstić information content (AvgIpc) is 2.79. The van der Waals surface area contributed by atoms with Crippen LogP contribution in [0.3, 0.4) is 0 Å². The monoisotopic (exact) mass is 456 g/mol. The third-order valence-electron chi connectivity index (χ3n) is 5.50. The number of para-hydroxylation sites is 1. The van der Waals surface area contributed by atoms with E-state index in [0.29, 0.717) is 13.1 Å². The second-order valence-electron chi connectivity index (χ2n) is 8.69. The summed E-state index contributed by atoms with van der Waals surface area (Å²) in [5.74, 6) is 1.65. The van der Waals surface area contributed by atoms with E-state index in [1.54, 1.807) is 0 Å². The van der Waals surface area contributed by atoms with Crippen molar-refractivity contribution in [1.82, 2.24) is 10.6 Å². The molecule has 2 aromatic rings. The van der Waals surface area contributed by atoms with Crippen LogP contribution in [0.4, 0.5) is 0 Å². The zero-order valence-corrected chi connectivity index (χ0v) is 20.0. The largest absolute Gasteiger partial charge is 0.457 e. The number of hydrogen-bond acceptors (Lipinski definition) is 7. The molecule has 7 nitrogen and oxygen atoms in total. The lowest BCUT2D eigenvalue weighted by Gasteiger charge is -2.17. The Balaban J connectivity index is 1.98. The molecule has 33 heavy (non-hydrogen) atoms. The van der Waals surface area contributed by atoms with E-state index in [0.717, 1.165) is 76.2 Å². The average molecular weight is 457 g/mol. The van der Waals surface area contributed by atoms with Gasteiger partial charge in [-0.2, -0.15) is 0 Å². The number of nitrogens with two attached hydrogens (primary N) is 4. The Morgan fingerprint density at radius 1 is 0.667 bits per heavy atom. The predicted molar refractivity (Wildman–Crippen MR) is 139 cm³/mol. The second-order valence-corrected chi connectivity index (χ2v) is 8.69. The van der Waals surface area contributed by atoms with Crippen molar-refractivity contribution >= 4 is 0 Å². The van der Waals surface area contributed by atoms with Crippen LogP contribution in [0.15, 0.2) is 48.5 Å². The Morgan fingerprint density at radius 2 is 1.18 bits per heavy atom. The van der Waals surface area contributed by atoms with Gasteiger partial charge in [0.05, 0.1) is 0 Å². The van der Waals surface area contributed by atoms with E-state index in [2.05, 4.69) is 28.8 Å². The maximum atomic E-state index is 6.43. The summed E-state index contributed by atoms with van der Waals surface area (Å²) in [7, 11) is 0. The summed E-state index contributed by atoms with van der Waals surface area (Å²) in [5, 5.41) is 6.81. The van der Waals surface area contributed by atoms with Gasteiger partial charge in [-0.1, -0.05) is 24.3 Å². The molecule has 0 fully saturated rings. The van der Waals surface area contributed by atoms with Gasteiger partial charge in [-0.15, -0.1) is 0 Å². The van der Waals surface area contributed by atoms with Gasteiger partial charge in [0.1, 0.15) is 11.5 Å². The van der Waals surface area contributed by atoms with Crippen molar-refractivity contribution in [1.29, 1.82) is 0 Å². The normalized spacial score (nSPS) is 13.1. The number of rotatable bonds is 18. The fourth-order valence-electron chi connectivity index (χ4n) is 3.74. The number of nitrogens with one attached hydrogen (secondary N) is 2. The molecule has 2 aromatic carbocycles. The van der Waals surface area contributed by atoms with Crippen molar-refractivity contribution in [2.24, 2.45) is 22.9 Å². The first-order valence-electron chi connectivity index (χ1n) is 12.3. The number of hydrogen-bond donors (Lipinski definition) is 6. The highest BCUT2D eigenvalue weighted by atomic mass is 16.5. The summed E-state index contributed by atoms with van der Waals surface area (Å²) in [6, 6.07) is 16.4. The molecule has 7 heteroatoms. The molecule has 0 aliphatic carbocycles. The van der Waals surface area contributed by atoms with Gasteiger partial charge in [0, 0.05) is 12.1 Å². The lowest BCUT2D eigenvalue weighted by Crippen LogP contribution is -2.30. The van der Waals surface area contributed by atoms with Gasteiger partial charge in [0.25, 0.3) is 0 Å². The van der Waals surface area contributed by atoms with E-state index < -0.39 is 0 Å². The van der Waals surface area contributed by atoms with Crippen LogP contribution in [-0.2, 0) is 12.8 Å². The van der Waals surface area contributed by atoms with Crippen molar-refractivity contribution < 1.29 is 4.74 Å². The van der Waals surface area contributed by atoms with Crippen molar-refractivity contribution in [3.63, 3.8) is 0 Å². The highest BCUT2D eigenvalue weighted by Crippen LogP contribution is 2.25. The van der Waals surface area contributed by atoms with E-state index in [9.17, 15) is 0 Å². The zero-order valence-electron chi connectivity index (χ0n) is 20.0. The molecule has 0 bridgehead atoms. The Bertz CT molecular complexity index is 717. The molecular formula is C26H44N6O. The minimum Gasteiger partial charge on any atom is -0.457 e. The van der Waals surface area contributed by atoms with Crippen molar-refractivity contribution in [2.75, 3.05) is 39.3 Å². The van der Waals surface area contributed by atoms with Gasteiger partial charge in [-0.3, -0.25) is 0 Å². The molecular weight excluding hydrogens is 412 g/mol. The van der Waals surface area contributed by atoms with Crippen LogP contribution >= 0.6 is 0 Å². The van der Waals surface area contributed by atoms with Crippen molar-refractivity contribution in [3.05, 3.63) is 59.7 Å². The van der Waals surface area contributed by atoms with Crippen molar-refractivity contribution in [3.8, 4) is 11.5 Å². The lowest BCUT2D eigenvalue weighted by atomic mass is 9.97. The quantitative estimate of drug-likeness (QED) is 0.188. The third-order valence-corrected chi connectivity index (χ3v) is 5.50. The van der Waals surface area contributed by atoms with Crippen LogP contribution < -0.4 is 38.3 Å². The molecule has 0 heterocycles. The maximum absolute atomic E-state index is 6.43. The van der Waals surface area contributed by atoms with Gasteiger partial charge >= 0.3 is 0 Å². The van der Waals surface area contributed by atoms with Gasteiger partial charge in [-0.05, 0) is 113 Å². The minimum atomic E-state index is 0.0793. The Labute approximate surface area is 199 Å². The van der Waals surface area contributed by atoms with Gasteiger partial charge < -0.3 is 38.3 Å². The highest BCUT2D eigenvalue weighted by molar-refractivity contribution is 5.38. The summed E-state index contributed by atoms with van der Waals surface area (Å²) in [6.45, 7) is 5.09. The first kappa shape index (κ1) is 27.2. The van der Waals surface area contributed by atoms with E-state index in [1.165, 1.54) is 11.1 Å². The molecule has 0 saturated carbocycles. The molecule has 0 radical (unpaired) electrons. The van der Waals surface area contributed by atoms with Gasteiger partial charge in [-0.25, -0.2) is 0 Å². The number of ether oxygens (including phenoxy) is 1. The van der Waals surface area contributed by atoms with Crippen LogP contribution in [0, 0.1) is 0 Å².